The van der Waals surface area contributed by atoms with Crippen molar-refractivity contribution in [2.45, 2.75) is 13.5 Å². The number of carbonyl (C=O) groups excluding carboxylic acids is 1. The van der Waals surface area contributed by atoms with Crippen molar-refractivity contribution in [3.05, 3.63) is 65.0 Å². The lowest BCUT2D eigenvalue weighted by atomic mass is 10.3. The Balaban J connectivity index is 1.65. The van der Waals surface area contributed by atoms with Gasteiger partial charge in [-0.05, 0) is 37.3 Å². The van der Waals surface area contributed by atoms with Crippen LogP contribution in [0.15, 0.2) is 42.7 Å². The van der Waals surface area contributed by atoms with Gasteiger partial charge in [-0.25, -0.2) is 19.4 Å². The van der Waals surface area contributed by atoms with Crippen molar-refractivity contribution in [3.63, 3.8) is 0 Å². The Bertz CT molecular complexity index is 832. The number of hydrogen-bond acceptors (Lipinski definition) is 6. The van der Waals surface area contributed by atoms with Crippen molar-refractivity contribution in [2.24, 2.45) is 0 Å². The molecule has 7 nitrogen and oxygen atoms in total. The van der Waals surface area contributed by atoms with Crippen molar-refractivity contribution in [1.82, 2.24) is 25.0 Å². The Morgan fingerprint density at radius 3 is 2.78 bits per heavy atom. The lowest BCUT2D eigenvalue weighted by Crippen LogP contribution is -2.08. The molecule has 0 amide bonds. The molecule has 1 aromatic carbocycles. The van der Waals surface area contributed by atoms with E-state index in [0.717, 1.165) is 5.69 Å². The number of aryl methyl sites for hydroxylation is 1. The molecule has 2 heterocycles. The maximum absolute atomic E-state index is 11.9. The third-order valence-corrected chi connectivity index (χ3v) is 3.22. The number of hydrogen-bond donors (Lipinski definition) is 0. The highest BCUT2D eigenvalue weighted by atomic mass is 35.5. The largest absolute Gasteiger partial charge is 0.454 e. The first-order valence-corrected chi connectivity index (χ1v) is 7.13. The number of aromatic nitrogens is 5. The van der Waals surface area contributed by atoms with Crippen LogP contribution >= 0.6 is 11.6 Å². The zero-order chi connectivity index (χ0) is 16.2. The molecule has 0 aliphatic heterocycles. The number of rotatable bonds is 4. The summed E-state index contributed by atoms with van der Waals surface area (Å²) in [5, 5.41) is 8.60. The molecule has 116 valence electrons. The Labute approximate surface area is 136 Å². The average molecular weight is 330 g/mol. The van der Waals surface area contributed by atoms with E-state index in [2.05, 4.69) is 20.3 Å². The molecule has 0 fully saturated rings. The van der Waals surface area contributed by atoms with Crippen molar-refractivity contribution >= 4 is 17.6 Å². The third-order valence-electron chi connectivity index (χ3n) is 2.97. The number of esters is 1. The lowest BCUT2D eigenvalue weighted by molar-refractivity contribution is 0.0460. The molecule has 0 aliphatic rings. The first kappa shape index (κ1) is 15.1. The molecule has 0 saturated carbocycles. The minimum atomic E-state index is -0.531. The molecule has 0 radical (unpaired) electrons. The Kier molecular flexibility index (Phi) is 4.29. The standard InChI is InChI=1S/C15H12ClN5O2/c1-10-17-7-6-14(18-10)15(22)23-9-12-8-21(20-19-12)13-4-2-11(16)3-5-13/h2-8H,9H2,1H3. The van der Waals surface area contributed by atoms with Gasteiger partial charge in [-0.2, -0.15) is 0 Å². The minimum absolute atomic E-state index is 0.00940. The molecule has 0 spiro atoms. The fourth-order valence-electron chi connectivity index (χ4n) is 1.87. The summed E-state index contributed by atoms with van der Waals surface area (Å²) in [4.78, 5) is 19.8. The van der Waals surface area contributed by atoms with Gasteiger partial charge in [0.1, 0.15) is 18.1 Å². The van der Waals surface area contributed by atoms with E-state index >= 15 is 0 Å². The van der Waals surface area contributed by atoms with E-state index in [4.69, 9.17) is 16.3 Å². The molecule has 2 aromatic heterocycles. The van der Waals surface area contributed by atoms with Gasteiger partial charge in [0.25, 0.3) is 0 Å². The van der Waals surface area contributed by atoms with Gasteiger partial charge in [0.2, 0.25) is 0 Å². The molecule has 23 heavy (non-hydrogen) atoms. The van der Waals surface area contributed by atoms with Gasteiger partial charge in [0.05, 0.1) is 11.9 Å². The smallest absolute Gasteiger partial charge is 0.357 e. The highest BCUT2D eigenvalue weighted by Crippen LogP contribution is 2.13. The van der Waals surface area contributed by atoms with E-state index in [-0.39, 0.29) is 12.3 Å². The SMILES string of the molecule is Cc1nccc(C(=O)OCc2cn(-c3ccc(Cl)cc3)nn2)n1. The van der Waals surface area contributed by atoms with Crippen LogP contribution in [0.3, 0.4) is 0 Å². The van der Waals surface area contributed by atoms with Gasteiger partial charge in [-0.15, -0.1) is 5.10 Å². The second-order valence-corrected chi connectivity index (χ2v) is 5.13. The monoisotopic (exact) mass is 329 g/mol. The maximum atomic E-state index is 11.9. The molecule has 0 saturated heterocycles. The van der Waals surface area contributed by atoms with Crippen LogP contribution in [0.2, 0.25) is 5.02 Å². The molecule has 8 heteroatoms. The second-order valence-electron chi connectivity index (χ2n) is 4.70. The van der Waals surface area contributed by atoms with Crippen LogP contribution in [0.1, 0.15) is 22.0 Å². The van der Waals surface area contributed by atoms with E-state index in [1.165, 1.54) is 12.3 Å². The first-order chi connectivity index (χ1) is 11.1. The van der Waals surface area contributed by atoms with Gasteiger partial charge in [-0.3, -0.25) is 0 Å². The number of benzene rings is 1. The quantitative estimate of drug-likeness (QED) is 0.683. The van der Waals surface area contributed by atoms with Crippen LogP contribution in [0.5, 0.6) is 0 Å². The number of nitrogens with zero attached hydrogens (tertiary/aromatic N) is 5. The fourth-order valence-corrected chi connectivity index (χ4v) is 1.99. The van der Waals surface area contributed by atoms with Gasteiger partial charge in [0.15, 0.2) is 5.69 Å². The molecule has 0 aliphatic carbocycles. The van der Waals surface area contributed by atoms with Gasteiger partial charge < -0.3 is 4.74 Å². The number of ether oxygens (including phenoxy) is 1. The molecular weight excluding hydrogens is 318 g/mol. The highest BCUT2D eigenvalue weighted by Gasteiger charge is 2.11. The molecule has 0 unspecified atom stereocenters. The minimum Gasteiger partial charge on any atom is -0.454 e. The van der Waals surface area contributed by atoms with Crippen molar-refractivity contribution < 1.29 is 9.53 Å². The summed E-state index contributed by atoms with van der Waals surface area (Å²) in [5.41, 5.74) is 1.55. The Hall–Kier alpha value is -2.80. The van der Waals surface area contributed by atoms with Crippen LogP contribution in [0, 0.1) is 6.92 Å². The Morgan fingerprint density at radius 2 is 2.04 bits per heavy atom. The van der Waals surface area contributed by atoms with Gasteiger partial charge in [-0.1, -0.05) is 16.8 Å². The van der Waals surface area contributed by atoms with Crippen molar-refractivity contribution in [2.75, 3.05) is 0 Å². The van der Waals surface area contributed by atoms with E-state index in [1.54, 1.807) is 29.9 Å². The summed E-state index contributed by atoms with van der Waals surface area (Å²) in [6.07, 6.45) is 3.19. The van der Waals surface area contributed by atoms with Crippen molar-refractivity contribution in [1.29, 1.82) is 0 Å². The van der Waals surface area contributed by atoms with Gasteiger partial charge >= 0.3 is 5.97 Å². The summed E-state index contributed by atoms with van der Waals surface area (Å²) in [5.74, 6) is -0.0234. The van der Waals surface area contributed by atoms with Crippen molar-refractivity contribution in [3.8, 4) is 5.69 Å². The summed E-state index contributed by atoms with van der Waals surface area (Å²) in [7, 11) is 0. The average Bonchev–Trinajstić information content (AvgIpc) is 3.02. The van der Waals surface area contributed by atoms with Crippen LogP contribution in [0.25, 0.3) is 5.69 Å². The van der Waals surface area contributed by atoms with E-state index < -0.39 is 5.97 Å². The maximum Gasteiger partial charge on any atom is 0.357 e. The molecule has 3 aromatic rings. The fraction of sp³-hybridized carbons (Fsp3) is 0.133. The van der Waals surface area contributed by atoms with Crippen LogP contribution in [0.4, 0.5) is 0 Å². The first-order valence-electron chi connectivity index (χ1n) is 6.76. The van der Waals surface area contributed by atoms with E-state index in [1.807, 2.05) is 12.1 Å². The van der Waals surface area contributed by atoms with Crippen LogP contribution < -0.4 is 0 Å². The summed E-state index contributed by atoms with van der Waals surface area (Å²) in [6.45, 7) is 1.71. The molecule has 0 N–H and O–H groups in total. The molecule has 0 atom stereocenters. The number of halogens is 1. The Morgan fingerprint density at radius 1 is 1.26 bits per heavy atom. The predicted molar refractivity (Wildman–Crippen MR) is 82.3 cm³/mol. The summed E-state index contributed by atoms with van der Waals surface area (Å²) >= 11 is 5.85. The summed E-state index contributed by atoms with van der Waals surface area (Å²) < 4.78 is 6.75. The zero-order valence-corrected chi connectivity index (χ0v) is 12.9. The molecule has 0 bridgehead atoms. The van der Waals surface area contributed by atoms with Crippen LogP contribution in [-0.4, -0.2) is 30.9 Å². The second kappa shape index (κ2) is 6.53. The lowest BCUT2D eigenvalue weighted by Gasteiger charge is -2.02. The van der Waals surface area contributed by atoms with Gasteiger partial charge in [0, 0.05) is 11.2 Å². The number of carbonyl (C=O) groups is 1. The van der Waals surface area contributed by atoms with E-state index in [0.29, 0.717) is 16.5 Å². The normalized spacial score (nSPS) is 10.5. The molecule has 3 rings (SSSR count). The highest BCUT2D eigenvalue weighted by molar-refractivity contribution is 6.30. The predicted octanol–water partition coefficient (Wildman–Crippen LogP) is 2.38. The van der Waals surface area contributed by atoms with Crippen LogP contribution in [-0.2, 0) is 11.3 Å². The zero-order valence-electron chi connectivity index (χ0n) is 12.2. The van der Waals surface area contributed by atoms with E-state index in [9.17, 15) is 4.79 Å². The third kappa shape index (κ3) is 3.70. The molecular formula is C15H12ClN5O2. The topological polar surface area (TPSA) is 82.8 Å². The summed E-state index contributed by atoms with van der Waals surface area (Å²) in [6, 6.07) is 8.65.